The highest BCUT2D eigenvalue weighted by molar-refractivity contribution is 5.97. The normalized spacial score (nSPS) is 23.6. The standard InChI is InChI=1S/C32H37FN6O2/c1-2-24-25(33)8-5-20-13-23(40)14-26(29(20)24)39-19-34-30-27(39)15-28(41-18-32-9-3-11-38(32)12-4-10-32)36-31(30)37-16-21-6-7-22(17-37)35-21/h5,8,13-15,19,21-22,35,40H,2-4,6-7,9-12,16-18H2,1H3. The van der Waals surface area contributed by atoms with Crippen LogP contribution in [-0.4, -0.2) is 75.0 Å². The van der Waals surface area contributed by atoms with Gasteiger partial charge in [-0.3, -0.25) is 9.47 Å². The van der Waals surface area contributed by atoms with Crippen LogP contribution in [-0.2, 0) is 6.42 Å². The lowest BCUT2D eigenvalue weighted by molar-refractivity contribution is 0.111. The van der Waals surface area contributed by atoms with Crippen LogP contribution >= 0.6 is 0 Å². The van der Waals surface area contributed by atoms with Crippen molar-refractivity contribution in [2.24, 2.45) is 0 Å². The van der Waals surface area contributed by atoms with Crippen LogP contribution in [0, 0.1) is 5.82 Å². The summed E-state index contributed by atoms with van der Waals surface area (Å²) in [5.41, 5.74) is 3.09. The van der Waals surface area contributed by atoms with Crippen LogP contribution in [0.25, 0.3) is 27.5 Å². The molecule has 4 aliphatic heterocycles. The third kappa shape index (κ3) is 4.07. The van der Waals surface area contributed by atoms with E-state index in [-0.39, 0.29) is 17.1 Å². The second kappa shape index (κ2) is 9.56. The first kappa shape index (κ1) is 25.3. The van der Waals surface area contributed by atoms with Crippen LogP contribution in [0.15, 0.2) is 36.7 Å². The van der Waals surface area contributed by atoms with Crippen molar-refractivity contribution in [1.82, 2.24) is 24.8 Å². The van der Waals surface area contributed by atoms with E-state index in [1.165, 1.54) is 44.6 Å². The number of halogens is 1. The van der Waals surface area contributed by atoms with Gasteiger partial charge in [0.15, 0.2) is 5.82 Å². The molecule has 41 heavy (non-hydrogen) atoms. The number of phenolic OH excluding ortho intramolecular Hbond substituents is 1. The third-order valence-electron chi connectivity index (χ3n) is 10.1. The van der Waals surface area contributed by atoms with Crippen LogP contribution in [0.4, 0.5) is 10.2 Å². The molecule has 2 N–H and O–H groups in total. The molecule has 2 bridgehead atoms. The van der Waals surface area contributed by atoms with Gasteiger partial charge in [0, 0.05) is 42.7 Å². The van der Waals surface area contributed by atoms with Crippen molar-refractivity contribution < 1.29 is 14.2 Å². The largest absolute Gasteiger partial charge is 0.508 e. The summed E-state index contributed by atoms with van der Waals surface area (Å²) in [6, 6.07) is 9.51. The molecule has 2 atom stereocenters. The number of fused-ring (bicyclic) bond motifs is 5. The molecule has 4 fully saturated rings. The predicted octanol–water partition coefficient (Wildman–Crippen LogP) is 4.93. The van der Waals surface area contributed by atoms with Crippen LogP contribution in [0.3, 0.4) is 0 Å². The van der Waals surface area contributed by atoms with Crippen molar-refractivity contribution >= 4 is 27.6 Å². The van der Waals surface area contributed by atoms with Gasteiger partial charge < -0.3 is 20.1 Å². The number of aryl methyl sites for hydroxylation is 1. The van der Waals surface area contributed by atoms with Crippen molar-refractivity contribution in [3.05, 3.63) is 48.0 Å². The molecule has 0 aliphatic carbocycles. The number of phenols is 1. The maximum absolute atomic E-state index is 15.0. The number of piperazine rings is 1. The van der Waals surface area contributed by atoms with Crippen molar-refractivity contribution in [1.29, 1.82) is 0 Å². The van der Waals surface area contributed by atoms with Crippen molar-refractivity contribution in [2.45, 2.75) is 69.5 Å². The zero-order chi connectivity index (χ0) is 27.7. The first-order chi connectivity index (χ1) is 20.0. The van der Waals surface area contributed by atoms with E-state index in [1.54, 1.807) is 24.5 Å². The Bertz CT molecular complexity index is 1630. The quantitative estimate of drug-likeness (QED) is 0.349. The van der Waals surface area contributed by atoms with Crippen molar-refractivity contribution in [3.8, 4) is 17.3 Å². The fourth-order valence-electron chi connectivity index (χ4n) is 8.11. The number of pyridine rings is 1. The first-order valence-corrected chi connectivity index (χ1v) is 15.2. The van der Waals surface area contributed by atoms with E-state index < -0.39 is 0 Å². The molecular weight excluding hydrogens is 519 g/mol. The van der Waals surface area contributed by atoms with Gasteiger partial charge in [0.05, 0.1) is 16.7 Å². The topological polar surface area (TPSA) is 78.7 Å². The number of anilines is 1. The molecule has 6 heterocycles. The van der Waals surface area contributed by atoms with Crippen molar-refractivity contribution in [2.75, 3.05) is 37.7 Å². The highest BCUT2D eigenvalue weighted by Crippen LogP contribution is 2.40. The number of nitrogens with one attached hydrogen (secondary N) is 1. The summed E-state index contributed by atoms with van der Waals surface area (Å²) in [6.45, 7) is 6.66. The summed E-state index contributed by atoms with van der Waals surface area (Å²) in [5.74, 6) is 1.33. The Morgan fingerprint density at radius 1 is 1.10 bits per heavy atom. The lowest BCUT2D eigenvalue weighted by atomic mass is 9.95. The van der Waals surface area contributed by atoms with E-state index in [2.05, 4.69) is 15.1 Å². The van der Waals surface area contributed by atoms with Gasteiger partial charge >= 0.3 is 0 Å². The average molecular weight is 557 g/mol. The molecule has 0 amide bonds. The molecule has 0 spiro atoms. The van der Waals surface area contributed by atoms with E-state index in [0.717, 1.165) is 53.8 Å². The van der Waals surface area contributed by atoms with Gasteiger partial charge in [-0.2, -0.15) is 4.98 Å². The summed E-state index contributed by atoms with van der Waals surface area (Å²) in [7, 11) is 0. The first-order valence-electron chi connectivity index (χ1n) is 15.2. The fraction of sp³-hybridized carbons (Fsp3) is 0.500. The zero-order valence-electron chi connectivity index (χ0n) is 23.6. The molecule has 0 saturated carbocycles. The molecule has 4 aromatic rings. The number of ether oxygens (including phenoxy) is 1. The molecule has 0 radical (unpaired) electrons. The fourth-order valence-corrected chi connectivity index (χ4v) is 8.11. The minimum absolute atomic E-state index is 0.111. The number of imidazole rings is 1. The van der Waals surface area contributed by atoms with Gasteiger partial charge in [-0.05, 0) is 81.1 Å². The van der Waals surface area contributed by atoms with Gasteiger partial charge in [-0.1, -0.05) is 13.0 Å². The van der Waals surface area contributed by atoms with Gasteiger partial charge in [-0.25, -0.2) is 9.37 Å². The molecule has 8 rings (SSSR count). The van der Waals surface area contributed by atoms with Crippen LogP contribution in [0.2, 0.25) is 0 Å². The average Bonchev–Trinajstić information content (AvgIpc) is 3.74. The van der Waals surface area contributed by atoms with Crippen LogP contribution in [0.1, 0.15) is 51.0 Å². The molecule has 9 heteroatoms. The Kier molecular flexibility index (Phi) is 5.90. The minimum atomic E-state index is -0.240. The molecule has 214 valence electrons. The number of aromatic nitrogens is 3. The van der Waals surface area contributed by atoms with E-state index in [0.29, 0.717) is 42.2 Å². The Balaban J connectivity index is 1.28. The second-order valence-electron chi connectivity index (χ2n) is 12.5. The molecule has 4 saturated heterocycles. The van der Waals surface area contributed by atoms with Gasteiger partial charge in [0.1, 0.15) is 30.0 Å². The molecule has 2 aromatic carbocycles. The number of hydrogen-bond donors (Lipinski definition) is 2. The molecule has 4 aliphatic rings. The maximum Gasteiger partial charge on any atom is 0.217 e. The smallest absolute Gasteiger partial charge is 0.217 e. The highest BCUT2D eigenvalue weighted by Gasteiger charge is 2.45. The molecular formula is C32H37FN6O2. The Labute approximate surface area is 239 Å². The van der Waals surface area contributed by atoms with Gasteiger partial charge in [0.2, 0.25) is 5.88 Å². The number of benzene rings is 2. The zero-order valence-corrected chi connectivity index (χ0v) is 23.6. The van der Waals surface area contributed by atoms with Crippen molar-refractivity contribution in [3.63, 3.8) is 0 Å². The minimum Gasteiger partial charge on any atom is -0.508 e. The second-order valence-corrected chi connectivity index (χ2v) is 12.5. The highest BCUT2D eigenvalue weighted by atomic mass is 19.1. The molecule has 8 nitrogen and oxygen atoms in total. The Morgan fingerprint density at radius 2 is 1.88 bits per heavy atom. The van der Waals surface area contributed by atoms with Crippen LogP contribution < -0.4 is 15.0 Å². The summed E-state index contributed by atoms with van der Waals surface area (Å²) < 4.78 is 23.6. The predicted molar refractivity (Wildman–Crippen MR) is 158 cm³/mol. The number of hydrogen-bond acceptors (Lipinski definition) is 7. The lowest BCUT2D eigenvalue weighted by Gasteiger charge is -2.34. The van der Waals surface area contributed by atoms with E-state index in [9.17, 15) is 5.11 Å². The number of nitrogens with zero attached hydrogens (tertiary/aromatic N) is 5. The number of aromatic hydroxyl groups is 1. The van der Waals surface area contributed by atoms with E-state index in [4.69, 9.17) is 14.7 Å². The van der Waals surface area contributed by atoms with E-state index in [1.807, 2.05) is 17.6 Å². The summed E-state index contributed by atoms with van der Waals surface area (Å²) in [5, 5.41) is 16.0. The molecule has 2 unspecified atom stereocenters. The summed E-state index contributed by atoms with van der Waals surface area (Å²) in [6.07, 6.45) is 9.45. The summed E-state index contributed by atoms with van der Waals surface area (Å²) in [4.78, 5) is 14.9. The van der Waals surface area contributed by atoms with Gasteiger partial charge in [-0.15, -0.1) is 0 Å². The maximum atomic E-state index is 15.0. The molecule has 2 aromatic heterocycles. The summed E-state index contributed by atoms with van der Waals surface area (Å²) >= 11 is 0. The SMILES string of the molecule is CCc1c(F)ccc2cc(O)cc(-n3cnc4c(N5CC6CCC(C5)N6)nc(OCC56CCCN5CCC6)cc43)c12. The lowest BCUT2D eigenvalue weighted by Crippen LogP contribution is -2.51. The number of rotatable bonds is 6. The van der Waals surface area contributed by atoms with Gasteiger partial charge in [0.25, 0.3) is 0 Å². The monoisotopic (exact) mass is 556 g/mol. The Hall–Kier alpha value is -3.43. The Morgan fingerprint density at radius 3 is 2.63 bits per heavy atom. The van der Waals surface area contributed by atoms with Crippen LogP contribution in [0.5, 0.6) is 11.6 Å². The van der Waals surface area contributed by atoms with E-state index >= 15 is 4.39 Å². The third-order valence-corrected chi connectivity index (χ3v) is 10.1.